The van der Waals surface area contributed by atoms with Gasteiger partial charge in [0.05, 0.1) is 16.8 Å². The second kappa shape index (κ2) is 6.62. The molecule has 2 nitrogen and oxygen atoms in total. The van der Waals surface area contributed by atoms with Gasteiger partial charge in [0.1, 0.15) is 0 Å². The van der Waals surface area contributed by atoms with Crippen LogP contribution < -0.4 is 4.90 Å². The van der Waals surface area contributed by atoms with Crippen LogP contribution in [0.3, 0.4) is 0 Å². The van der Waals surface area contributed by atoms with Crippen LogP contribution in [0.15, 0.2) is 18.2 Å². The molecule has 1 saturated heterocycles. The van der Waals surface area contributed by atoms with Crippen molar-refractivity contribution in [3.63, 3.8) is 0 Å². The number of hydrogen-bond donors (Lipinski definition) is 1. The van der Waals surface area contributed by atoms with Crippen molar-refractivity contribution in [2.24, 2.45) is 5.92 Å². The molecule has 1 aromatic rings. The average Bonchev–Trinajstić information content (AvgIpc) is 2.63. The smallest absolute Gasteiger partial charge is 0.0762 e. The van der Waals surface area contributed by atoms with Crippen LogP contribution in [0.25, 0.3) is 0 Å². The van der Waals surface area contributed by atoms with Crippen LogP contribution in [0.5, 0.6) is 0 Å². The lowest BCUT2D eigenvalue weighted by Gasteiger charge is -2.24. The highest BCUT2D eigenvalue weighted by Crippen LogP contribution is 2.31. The molecule has 3 heteroatoms. The number of anilines is 1. The van der Waals surface area contributed by atoms with Gasteiger partial charge in [0, 0.05) is 13.1 Å². The van der Waals surface area contributed by atoms with Gasteiger partial charge in [0.2, 0.25) is 0 Å². The number of benzene rings is 1. The fraction of sp³-hybridized carbons (Fsp3) is 0.625. The molecule has 0 spiro atoms. The Balaban J connectivity index is 2.13. The first kappa shape index (κ1) is 14.7. The Hall–Kier alpha value is -0.730. The van der Waals surface area contributed by atoms with Crippen molar-refractivity contribution in [2.75, 3.05) is 18.0 Å². The minimum atomic E-state index is -0.458. The number of rotatable bonds is 3. The average molecular weight is 282 g/mol. The monoisotopic (exact) mass is 281 g/mol. The van der Waals surface area contributed by atoms with E-state index in [1.54, 1.807) is 6.92 Å². The lowest BCUT2D eigenvalue weighted by molar-refractivity contribution is 0.199. The number of nitrogens with zero attached hydrogens (tertiary/aromatic N) is 1. The molecule has 0 radical (unpaired) electrons. The number of aliphatic hydroxyl groups excluding tert-OH is 1. The molecule has 1 aromatic carbocycles. The molecule has 0 aromatic heterocycles. The van der Waals surface area contributed by atoms with Gasteiger partial charge in [-0.25, -0.2) is 0 Å². The molecular weight excluding hydrogens is 258 g/mol. The van der Waals surface area contributed by atoms with E-state index in [9.17, 15) is 5.11 Å². The highest BCUT2D eigenvalue weighted by atomic mass is 35.5. The predicted molar refractivity (Wildman–Crippen MR) is 81.9 cm³/mol. The molecule has 0 amide bonds. The Labute approximate surface area is 121 Å². The van der Waals surface area contributed by atoms with Crippen LogP contribution in [0.1, 0.15) is 51.2 Å². The first-order chi connectivity index (χ1) is 9.11. The van der Waals surface area contributed by atoms with Gasteiger partial charge in [-0.3, -0.25) is 0 Å². The Morgan fingerprint density at radius 2 is 2.16 bits per heavy atom. The summed E-state index contributed by atoms with van der Waals surface area (Å²) in [6.07, 6.45) is 4.65. The van der Waals surface area contributed by atoms with Crippen molar-refractivity contribution in [2.45, 2.75) is 45.6 Å². The molecule has 1 N–H and O–H groups in total. The minimum Gasteiger partial charge on any atom is -0.389 e. The zero-order chi connectivity index (χ0) is 13.8. The first-order valence-electron chi connectivity index (χ1n) is 7.34. The summed E-state index contributed by atoms with van der Waals surface area (Å²) in [5.41, 5.74) is 2.00. The van der Waals surface area contributed by atoms with Crippen molar-refractivity contribution < 1.29 is 5.11 Å². The maximum absolute atomic E-state index is 9.59. The number of hydrogen-bond acceptors (Lipinski definition) is 2. The van der Waals surface area contributed by atoms with Gasteiger partial charge < -0.3 is 10.0 Å². The minimum absolute atomic E-state index is 0.458. The molecule has 1 aliphatic heterocycles. The number of aliphatic hydroxyl groups is 1. The third-order valence-corrected chi connectivity index (χ3v) is 4.52. The summed E-state index contributed by atoms with van der Waals surface area (Å²) in [5, 5.41) is 10.3. The molecule has 0 bridgehead atoms. The topological polar surface area (TPSA) is 23.5 Å². The van der Waals surface area contributed by atoms with Crippen LogP contribution in [-0.4, -0.2) is 18.2 Å². The summed E-state index contributed by atoms with van der Waals surface area (Å²) < 4.78 is 0. The molecular formula is C16H24ClNO. The van der Waals surface area contributed by atoms with Crippen molar-refractivity contribution in [1.82, 2.24) is 0 Å². The molecule has 2 rings (SSSR count). The van der Waals surface area contributed by atoms with E-state index in [1.807, 2.05) is 12.1 Å². The normalized spacial score (nSPS) is 22.1. The SMILES string of the molecule is CCC1CCCN(c2ccc([C@H](C)O)cc2Cl)CC1. The van der Waals surface area contributed by atoms with Gasteiger partial charge in [0.15, 0.2) is 0 Å². The first-order valence-corrected chi connectivity index (χ1v) is 7.72. The molecule has 0 saturated carbocycles. The zero-order valence-electron chi connectivity index (χ0n) is 11.9. The van der Waals surface area contributed by atoms with Crippen molar-refractivity contribution in [3.8, 4) is 0 Å². The van der Waals surface area contributed by atoms with E-state index in [0.29, 0.717) is 0 Å². The third-order valence-electron chi connectivity index (χ3n) is 4.22. The van der Waals surface area contributed by atoms with Gasteiger partial charge in [-0.1, -0.05) is 31.0 Å². The second-order valence-electron chi connectivity index (χ2n) is 5.58. The lowest BCUT2D eigenvalue weighted by Crippen LogP contribution is -2.24. The molecule has 1 aliphatic rings. The Morgan fingerprint density at radius 3 is 2.79 bits per heavy atom. The summed E-state index contributed by atoms with van der Waals surface area (Å²) >= 11 is 6.38. The zero-order valence-corrected chi connectivity index (χ0v) is 12.7. The Kier molecular flexibility index (Phi) is 5.12. The van der Waals surface area contributed by atoms with Gasteiger partial charge in [-0.05, 0) is 49.8 Å². The van der Waals surface area contributed by atoms with E-state index in [4.69, 9.17) is 11.6 Å². The van der Waals surface area contributed by atoms with Crippen LogP contribution in [0.2, 0.25) is 5.02 Å². The standard InChI is InChI=1S/C16H24ClNO/c1-3-13-5-4-9-18(10-8-13)16-7-6-14(12(2)19)11-15(16)17/h6-7,11-13,19H,3-5,8-10H2,1-2H3/t12-,13?/m0/s1. The third kappa shape index (κ3) is 3.64. The summed E-state index contributed by atoms with van der Waals surface area (Å²) in [6.45, 7) is 6.23. The van der Waals surface area contributed by atoms with Crippen LogP contribution in [0.4, 0.5) is 5.69 Å². The summed E-state index contributed by atoms with van der Waals surface area (Å²) in [7, 11) is 0. The summed E-state index contributed by atoms with van der Waals surface area (Å²) in [4.78, 5) is 2.39. The molecule has 2 atom stereocenters. The van der Waals surface area contributed by atoms with Gasteiger partial charge in [-0.15, -0.1) is 0 Å². The maximum Gasteiger partial charge on any atom is 0.0762 e. The maximum atomic E-state index is 9.59. The highest BCUT2D eigenvalue weighted by Gasteiger charge is 2.18. The lowest BCUT2D eigenvalue weighted by atomic mass is 9.98. The van der Waals surface area contributed by atoms with E-state index in [2.05, 4.69) is 17.9 Å². The Morgan fingerprint density at radius 1 is 1.37 bits per heavy atom. The van der Waals surface area contributed by atoms with E-state index < -0.39 is 6.10 Å². The van der Waals surface area contributed by atoms with Gasteiger partial charge >= 0.3 is 0 Å². The quantitative estimate of drug-likeness (QED) is 0.887. The van der Waals surface area contributed by atoms with Crippen molar-refractivity contribution in [3.05, 3.63) is 28.8 Å². The summed E-state index contributed by atoms with van der Waals surface area (Å²) in [5.74, 6) is 0.862. The number of halogens is 1. The van der Waals surface area contributed by atoms with E-state index in [1.165, 1.54) is 25.7 Å². The second-order valence-corrected chi connectivity index (χ2v) is 5.99. The largest absolute Gasteiger partial charge is 0.389 e. The van der Waals surface area contributed by atoms with Crippen molar-refractivity contribution in [1.29, 1.82) is 0 Å². The van der Waals surface area contributed by atoms with Crippen LogP contribution in [-0.2, 0) is 0 Å². The van der Waals surface area contributed by atoms with E-state index in [0.717, 1.165) is 35.3 Å². The molecule has 1 unspecified atom stereocenters. The molecule has 1 fully saturated rings. The molecule has 0 aliphatic carbocycles. The highest BCUT2D eigenvalue weighted by molar-refractivity contribution is 6.33. The van der Waals surface area contributed by atoms with Crippen LogP contribution >= 0.6 is 11.6 Å². The summed E-state index contributed by atoms with van der Waals surface area (Å²) in [6, 6.07) is 5.93. The predicted octanol–water partition coefficient (Wildman–Crippen LogP) is 4.41. The Bertz CT molecular complexity index is 419. The van der Waals surface area contributed by atoms with E-state index in [-0.39, 0.29) is 0 Å². The van der Waals surface area contributed by atoms with Gasteiger partial charge in [0.25, 0.3) is 0 Å². The molecule has 1 heterocycles. The van der Waals surface area contributed by atoms with Gasteiger partial charge in [-0.2, -0.15) is 0 Å². The molecule has 106 valence electrons. The van der Waals surface area contributed by atoms with Crippen LogP contribution in [0, 0.1) is 5.92 Å². The van der Waals surface area contributed by atoms with Crippen molar-refractivity contribution >= 4 is 17.3 Å². The fourth-order valence-corrected chi connectivity index (χ4v) is 3.16. The van der Waals surface area contributed by atoms with E-state index >= 15 is 0 Å². The molecule has 19 heavy (non-hydrogen) atoms. The fourth-order valence-electron chi connectivity index (χ4n) is 2.85.